The number of benzene rings is 2. The molecule has 2 aromatic rings. The molecule has 8 heteroatoms. The number of amides is 1. The largest absolute Gasteiger partial charge is 0.483 e. The number of nitrogens with zero attached hydrogens (tertiary/aromatic N) is 1. The molecule has 0 heterocycles. The van der Waals surface area contributed by atoms with Crippen LogP contribution in [0.15, 0.2) is 40.9 Å². The van der Waals surface area contributed by atoms with Crippen molar-refractivity contribution in [3.8, 4) is 5.75 Å². The van der Waals surface area contributed by atoms with Gasteiger partial charge in [0.05, 0.1) is 4.92 Å². The van der Waals surface area contributed by atoms with Crippen molar-refractivity contribution in [2.45, 2.75) is 6.92 Å². The van der Waals surface area contributed by atoms with Crippen molar-refractivity contribution >= 4 is 44.8 Å². The monoisotopic (exact) mass is 398 g/mol. The SMILES string of the molecule is Cc1cc(Br)ccc1OCC(=O)Nc1ccc(Cl)c([N+](=O)[O-])c1. The number of aryl methyl sites for hydroxylation is 1. The van der Waals surface area contributed by atoms with Crippen LogP contribution < -0.4 is 10.1 Å². The van der Waals surface area contributed by atoms with E-state index in [1.165, 1.54) is 18.2 Å². The van der Waals surface area contributed by atoms with Gasteiger partial charge in [-0.1, -0.05) is 27.5 Å². The second-order valence-electron chi connectivity index (χ2n) is 4.67. The number of nitro groups is 1. The summed E-state index contributed by atoms with van der Waals surface area (Å²) in [7, 11) is 0. The fourth-order valence-corrected chi connectivity index (χ4v) is 2.51. The number of carbonyl (C=O) groups is 1. The van der Waals surface area contributed by atoms with E-state index >= 15 is 0 Å². The van der Waals surface area contributed by atoms with E-state index in [0.29, 0.717) is 5.75 Å². The number of ether oxygens (including phenoxy) is 1. The van der Waals surface area contributed by atoms with E-state index in [-0.39, 0.29) is 23.0 Å². The van der Waals surface area contributed by atoms with Gasteiger partial charge in [0.1, 0.15) is 10.8 Å². The smallest absolute Gasteiger partial charge is 0.289 e. The minimum atomic E-state index is -0.611. The molecule has 0 saturated heterocycles. The van der Waals surface area contributed by atoms with E-state index in [2.05, 4.69) is 21.2 Å². The zero-order valence-electron chi connectivity index (χ0n) is 12.0. The summed E-state index contributed by atoms with van der Waals surface area (Å²) in [6.45, 7) is 1.65. The van der Waals surface area contributed by atoms with Crippen LogP contribution in [0.1, 0.15) is 5.56 Å². The minimum Gasteiger partial charge on any atom is -0.483 e. The fraction of sp³-hybridized carbons (Fsp3) is 0.133. The molecule has 0 bridgehead atoms. The Balaban J connectivity index is 2.00. The molecule has 0 aromatic heterocycles. The molecule has 0 aliphatic rings. The summed E-state index contributed by atoms with van der Waals surface area (Å²) >= 11 is 9.06. The Morgan fingerprint density at radius 1 is 1.35 bits per heavy atom. The maximum atomic E-state index is 11.9. The fourth-order valence-electron chi connectivity index (χ4n) is 1.85. The number of nitro benzene ring substituents is 1. The molecular weight excluding hydrogens is 388 g/mol. The number of hydrogen-bond donors (Lipinski definition) is 1. The van der Waals surface area contributed by atoms with Crippen LogP contribution in [0.25, 0.3) is 0 Å². The highest BCUT2D eigenvalue weighted by atomic mass is 79.9. The van der Waals surface area contributed by atoms with Gasteiger partial charge in [-0.15, -0.1) is 0 Å². The van der Waals surface area contributed by atoms with Crippen molar-refractivity contribution in [2.75, 3.05) is 11.9 Å². The van der Waals surface area contributed by atoms with Crippen LogP contribution in [0.5, 0.6) is 5.75 Å². The van der Waals surface area contributed by atoms with Gasteiger partial charge in [0, 0.05) is 16.2 Å². The molecule has 0 aliphatic carbocycles. The molecule has 120 valence electrons. The van der Waals surface area contributed by atoms with Crippen molar-refractivity contribution < 1.29 is 14.5 Å². The average Bonchev–Trinajstić information content (AvgIpc) is 2.48. The number of halogens is 2. The van der Waals surface area contributed by atoms with Crippen LogP contribution in [0.3, 0.4) is 0 Å². The van der Waals surface area contributed by atoms with Crippen LogP contribution in [-0.4, -0.2) is 17.4 Å². The third-order valence-electron chi connectivity index (χ3n) is 2.92. The number of anilines is 1. The Morgan fingerprint density at radius 2 is 2.09 bits per heavy atom. The molecule has 23 heavy (non-hydrogen) atoms. The van der Waals surface area contributed by atoms with Crippen LogP contribution >= 0.6 is 27.5 Å². The van der Waals surface area contributed by atoms with E-state index in [4.69, 9.17) is 16.3 Å². The van der Waals surface area contributed by atoms with Gasteiger partial charge >= 0.3 is 0 Å². The Bertz CT molecular complexity index is 767. The lowest BCUT2D eigenvalue weighted by Crippen LogP contribution is -2.20. The molecule has 0 unspecified atom stereocenters. The maximum absolute atomic E-state index is 11.9. The molecule has 0 radical (unpaired) electrons. The van der Waals surface area contributed by atoms with Gasteiger partial charge in [0.25, 0.3) is 11.6 Å². The molecule has 2 rings (SSSR count). The first kappa shape index (κ1) is 17.2. The zero-order valence-corrected chi connectivity index (χ0v) is 14.3. The van der Waals surface area contributed by atoms with Gasteiger partial charge < -0.3 is 10.1 Å². The Hall–Kier alpha value is -2.12. The third-order valence-corrected chi connectivity index (χ3v) is 3.74. The number of hydrogen-bond acceptors (Lipinski definition) is 4. The second-order valence-corrected chi connectivity index (χ2v) is 5.99. The first-order valence-corrected chi connectivity index (χ1v) is 7.66. The van der Waals surface area contributed by atoms with Gasteiger partial charge in [-0.25, -0.2) is 0 Å². The molecule has 1 N–H and O–H groups in total. The molecule has 0 saturated carbocycles. The second kappa shape index (κ2) is 7.43. The highest BCUT2D eigenvalue weighted by Crippen LogP contribution is 2.27. The summed E-state index contributed by atoms with van der Waals surface area (Å²) in [6.07, 6.45) is 0. The van der Waals surface area contributed by atoms with Crippen LogP contribution in [-0.2, 0) is 4.79 Å². The maximum Gasteiger partial charge on any atom is 0.289 e. The summed E-state index contributed by atoms with van der Waals surface area (Å²) in [5.41, 5.74) is 0.894. The predicted molar refractivity (Wildman–Crippen MR) is 91.1 cm³/mol. The third kappa shape index (κ3) is 4.67. The van der Waals surface area contributed by atoms with Gasteiger partial charge in [-0.2, -0.15) is 0 Å². The lowest BCUT2D eigenvalue weighted by molar-refractivity contribution is -0.384. The van der Waals surface area contributed by atoms with E-state index < -0.39 is 10.8 Å². The number of rotatable bonds is 5. The summed E-state index contributed by atoms with van der Waals surface area (Å²) in [5, 5.41) is 13.4. The van der Waals surface area contributed by atoms with Crippen LogP contribution in [0.4, 0.5) is 11.4 Å². The van der Waals surface area contributed by atoms with Crippen molar-refractivity contribution in [3.05, 3.63) is 61.6 Å². The predicted octanol–water partition coefficient (Wildman–Crippen LogP) is 4.34. The Morgan fingerprint density at radius 3 is 2.74 bits per heavy atom. The van der Waals surface area contributed by atoms with Crippen molar-refractivity contribution in [2.24, 2.45) is 0 Å². The highest BCUT2D eigenvalue weighted by Gasteiger charge is 2.14. The molecule has 0 fully saturated rings. The molecular formula is C15H12BrClN2O4. The first-order valence-electron chi connectivity index (χ1n) is 6.49. The normalized spacial score (nSPS) is 10.2. The van der Waals surface area contributed by atoms with Crippen molar-refractivity contribution in [3.63, 3.8) is 0 Å². The van der Waals surface area contributed by atoms with Gasteiger partial charge in [0.2, 0.25) is 0 Å². The van der Waals surface area contributed by atoms with Crippen molar-refractivity contribution in [1.29, 1.82) is 0 Å². The average molecular weight is 400 g/mol. The standard InChI is InChI=1S/C15H12BrClN2O4/c1-9-6-10(16)2-5-14(9)23-8-15(20)18-11-3-4-12(17)13(7-11)19(21)22/h2-7H,8H2,1H3,(H,18,20). The Kier molecular flexibility index (Phi) is 5.57. The molecule has 0 aliphatic heterocycles. The van der Waals surface area contributed by atoms with E-state index in [0.717, 1.165) is 10.0 Å². The van der Waals surface area contributed by atoms with Gasteiger partial charge in [0.15, 0.2) is 6.61 Å². The molecule has 0 spiro atoms. The number of carbonyl (C=O) groups excluding carboxylic acids is 1. The number of nitrogens with one attached hydrogen (secondary N) is 1. The lowest BCUT2D eigenvalue weighted by atomic mass is 10.2. The van der Waals surface area contributed by atoms with Crippen LogP contribution in [0, 0.1) is 17.0 Å². The molecule has 6 nitrogen and oxygen atoms in total. The minimum absolute atomic E-state index is 0.00902. The van der Waals surface area contributed by atoms with Gasteiger partial charge in [-0.05, 0) is 42.8 Å². The van der Waals surface area contributed by atoms with E-state index in [1.54, 1.807) is 6.07 Å². The van der Waals surface area contributed by atoms with Crippen molar-refractivity contribution in [1.82, 2.24) is 0 Å². The highest BCUT2D eigenvalue weighted by molar-refractivity contribution is 9.10. The van der Waals surface area contributed by atoms with E-state index in [9.17, 15) is 14.9 Å². The summed E-state index contributed by atoms with van der Waals surface area (Å²) in [6, 6.07) is 9.47. The quantitative estimate of drug-likeness (QED) is 0.599. The summed E-state index contributed by atoms with van der Waals surface area (Å²) in [5.74, 6) is 0.161. The summed E-state index contributed by atoms with van der Waals surface area (Å²) < 4.78 is 6.35. The van der Waals surface area contributed by atoms with Gasteiger partial charge in [-0.3, -0.25) is 14.9 Å². The molecule has 2 aromatic carbocycles. The summed E-state index contributed by atoms with van der Waals surface area (Å²) in [4.78, 5) is 22.1. The van der Waals surface area contributed by atoms with E-state index in [1.807, 2.05) is 19.1 Å². The zero-order chi connectivity index (χ0) is 17.0. The topological polar surface area (TPSA) is 81.5 Å². The Labute approximate surface area is 145 Å². The van der Waals surface area contributed by atoms with Crippen LogP contribution in [0.2, 0.25) is 5.02 Å². The molecule has 0 atom stereocenters. The first-order chi connectivity index (χ1) is 10.9. The molecule has 1 amide bonds. The lowest BCUT2D eigenvalue weighted by Gasteiger charge is -2.10.